The van der Waals surface area contributed by atoms with Gasteiger partial charge in [0.2, 0.25) is 5.78 Å². The van der Waals surface area contributed by atoms with Crippen LogP contribution in [-0.2, 0) is 4.74 Å². The lowest BCUT2D eigenvalue weighted by Crippen LogP contribution is -2.48. The number of ketones is 1. The Kier molecular flexibility index (Phi) is 2.46. The molecule has 1 unspecified atom stereocenters. The summed E-state index contributed by atoms with van der Waals surface area (Å²) in [7, 11) is 0. The molecule has 2 N–H and O–H groups in total. The summed E-state index contributed by atoms with van der Waals surface area (Å²) in [6.07, 6.45) is 0.450. The zero-order valence-corrected chi connectivity index (χ0v) is 9.61. The third-order valence-corrected chi connectivity index (χ3v) is 3.22. The minimum Gasteiger partial charge on any atom is -0.450 e. The van der Waals surface area contributed by atoms with Crippen molar-refractivity contribution < 1.29 is 18.3 Å². The van der Waals surface area contributed by atoms with Crippen LogP contribution in [-0.4, -0.2) is 24.5 Å². The normalized spacial score (nSPS) is 23.7. The largest absolute Gasteiger partial charge is 0.450 e. The van der Waals surface area contributed by atoms with E-state index in [1.165, 1.54) is 12.1 Å². The van der Waals surface area contributed by atoms with Crippen LogP contribution < -0.4 is 5.73 Å². The molecule has 0 aliphatic carbocycles. The third-order valence-electron chi connectivity index (χ3n) is 3.22. The van der Waals surface area contributed by atoms with E-state index in [1.807, 2.05) is 0 Å². The number of fused-ring (bicyclic) bond motifs is 1. The quantitative estimate of drug-likeness (QED) is 0.825. The predicted octanol–water partition coefficient (Wildman–Crippen LogP) is 1.87. The summed E-state index contributed by atoms with van der Waals surface area (Å²) in [5, 5.41) is 0.556. The average Bonchev–Trinajstić information content (AvgIpc) is 2.96. The molecule has 1 aliphatic rings. The number of ether oxygens (including phenoxy) is 1. The van der Waals surface area contributed by atoms with E-state index < -0.39 is 11.4 Å². The van der Waals surface area contributed by atoms with Crippen LogP contribution in [0.3, 0.4) is 0 Å². The molecule has 94 valence electrons. The van der Waals surface area contributed by atoms with E-state index in [2.05, 4.69) is 0 Å². The lowest BCUT2D eigenvalue weighted by atomic mass is 9.93. The van der Waals surface area contributed by atoms with Gasteiger partial charge in [0.05, 0.1) is 6.61 Å². The molecular weight excluding hydrogens is 237 g/mol. The van der Waals surface area contributed by atoms with E-state index in [9.17, 15) is 9.18 Å². The number of carbonyl (C=O) groups is 1. The third kappa shape index (κ3) is 1.63. The van der Waals surface area contributed by atoms with Gasteiger partial charge in [0, 0.05) is 12.0 Å². The minimum absolute atomic E-state index is 0.0862. The van der Waals surface area contributed by atoms with E-state index in [0.717, 1.165) is 0 Å². The monoisotopic (exact) mass is 249 g/mol. The fraction of sp³-hybridized carbons (Fsp3) is 0.308. The van der Waals surface area contributed by atoms with Gasteiger partial charge in [0.1, 0.15) is 5.54 Å². The van der Waals surface area contributed by atoms with Crippen LogP contribution in [0, 0.1) is 5.82 Å². The Hall–Kier alpha value is -1.72. The first-order chi connectivity index (χ1) is 8.60. The van der Waals surface area contributed by atoms with Crippen molar-refractivity contribution in [3.05, 3.63) is 35.8 Å². The molecule has 0 amide bonds. The Balaban J connectivity index is 2.04. The van der Waals surface area contributed by atoms with Crippen molar-refractivity contribution in [2.75, 3.05) is 13.2 Å². The van der Waals surface area contributed by atoms with E-state index >= 15 is 0 Å². The summed E-state index contributed by atoms with van der Waals surface area (Å²) in [6, 6.07) is 6.07. The van der Waals surface area contributed by atoms with Crippen LogP contribution in [0.1, 0.15) is 17.0 Å². The van der Waals surface area contributed by atoms with Crippen molar-refractivity contribution in [1.82, 2.24) is 0 Å². The lowest BCUT2D eigenvalue weighted by Gasteiger charge is -2.17. The molecule has 18 heavy (non-hydrogen) atoms. The molecule has 0 bridgehead atoms. The summed E-state index contributed by atoms with van der Waals surface area (Å²) in [5.74, 6) is -0.737. The zero-order valence-electron chi connectivity index (χ0n) is 9.61. The number of hydrogen-bond donors (Lipinski definition) is 1. The molecule has 3 rings (SSSR count). The minimum atomic E-state index is -1.05. The smallest absolute Gasteiger partial charge is 0.220 e. The highest BCUT2D eigenvalue weighted by Gasteiger charge is 2.40. The van der Waals surface area contributed by atoms with E-state index in [1.54, 1.807) is 12.1 Å². The number of furan rings is 1. The molecule has 5 heteroatoms. The summed E-state index contributed by atoms with van der Waals surface area (Å²) < 4.78 is 23.9. The first-order valence-electron chi connectivity index (χ1n) is 5.70. The number of benzene rings is 1. The SMILES string of the molecule is NC1(C(=O)c2cc3cccc(F)c3o2)CCOC1. The molecular formula is C13H12FNO3. The standard InChI is InChI=1S/C13H12FNO3/c14-9-3-1-2-8-6-10(18-11(8)9)12(16)13(15)4-5-17-7-13/h1-3,6H,4-5,7,15H2. The number of para-hydroxylation sites is 1. The van der Waals surface area contributed by atoms with Gasteiger partial charge >= 0.3 is 0 Å². The second-order valence-electron chi connectivity index (χ2n) is 4.56. The molecule has 0 spiro atoms. The van der Waals surface area contributed by atoms with E-state index in [4.69, 9.17) is 14.9 Å². The van der Waals surface area contributed by atoms with Gasteiger partial charge in [-0.3, -0.25) is 4.79 Å². The van der Waals surface area contributed by atoms with Crippen molar-refractivity contribution in [1.29, 1.82) is 0 Å². The summed E-state index contributed by atoms with van der Waals surface area (Å²) in [4.78, 5) is 12.2. The van der Waals surface area contributed by atoms with Crippen LogP contribution in [0.5, 0.6) is 0 Å². The average molecular weight is 249 g/mol. The summed E-state index contributed by atoms with van der Waals surface area (Å²) in [5.41, 5.74) is 5.00. The summed E-state index contributed by atoms with van der Waals surface area (Å²) in [6.45, 7) is 0.627. The van der Waals surface area contributed by atoms with Crippen molar-refractivity contribution >= 4 is 16.8 Å². The fourth-order valence-corrected chi connectivity index (χ4v) is 2.14. The number of nitrogens with two attached hydrogens (primary N) is 1. The highest BCUT2D eigenvalue weighted by Crippen LogP contribution is 2.27. The zero-order chi connectivity index (χ0) is 12.8. The number of halogens is 1. The highest BCUT2D eigenvalue weighted by atomic mass is 19.1. The van der Waals surface area contributed by atoms with Gasteiger partial charge in [-0.05, 0) is 18.6 Å². The van der Waals surface area contributed by atoms with Gasteiger partial charge in [-0.1, -0.05) is 12.1 Å². The number of carbonyl (C=O) groups excluding carboxylic acids is 1. The molecule has 4 nitrogen and oxygen atoms in total. The number of Topliss-reactive ketones (excluding diaryl/α,β-unsaturated/α-hetero) is 1. The van der Waals surface area contributed by atoms with Crippen LogP contribution in [0.4, 0.5) is 4.39 Å². The Morgan fingerprint density at radius 3 is 2.94 bits per heavy atom. The van der Waals surface area contributed by atoms with Gasteiger partial charge in [0.15, 0.2) is 17.2 Å². The maximum absolute atomic E-state index is 13.5. The Bertz CT molecular complexity index is 614. The number of hydrogen-bond acceptors (Lipinski definition) is 4. The fourth-order valence-electron chi connectivity index (χ4n) is 2.14. The Morgan fingerprint density at radius 2 is 2.28 bits per heavy atom. The molecule has 2 heterocycles. The molecule has 1 aliphatic heterocycles. The van der Waals surface area contributed by atoms with E-state index in [-0.39, 0.29) is 23.7 Å². The van der Waals surface area contributed by atoms with Crippen LogP contribution >= 0.6 is 0 Å². The van der Waals surface area contributed by atoms with Crippen LogP contribution in [0.15, 0.2) is 28.7 Å². The summed E-state index contributed by atoms with van der Waals surface area (Å²) >= 11 is 0. The predicted molar refractivity (Wildman–Crippen MR) is 62.9 cm³/mol. The maximum Gasteiger partial charge on any atom is 0.220 e. The second-order valence-corrected chi connectivity index (χ2v) is 4.56. The van der Waals surface area contributed by atoms with Gasteiger partial charge in [-0.25, -0.2) is 4.39 Å². The van der Waals surface area contributed by atoms with Gasteiger partial charge in [0.25, 0.3) is 0 Å². The first kappa shape index (κ1) is 11.4. The molecule has 1 aromatic heterocycles. The molecule has 1 saturated heterocycles. The van der Waals surface area contributed by atoms with Gasteiger partial charge in [-0.15, -0.1) is 0 Å². The maximum atomic E-state index is 13.5. The van der Waals surface area contributed by atoms with Crippen molar-refractivity contribution in [3.8, 4) is 0 Å². The molecule has 1 aromatic carbocycles. The van der Waals surface area contributed by atoms with Gasteiger partial charge < -0.3 is 14.9 Å². The van der Waals surface area contributed by atoms with Crippen LogP contribution in [0.25, 0.3) is 11.0 Å². The van der Waals surface area contributed by atoms with Crippen molar-refractivity contribution in [2.24, 2.45) is 5.73 Å². The first-order valence-corrected chi connectivity index (χ1v) is 5.70. The van der Waals surface area contributed by atoms with Crippen molar-refractivity contribution in [2.45, 2.75) is 12.0 Å². The lowest BCUT2D eigenvalue weighted by molar-refractivity contribution is 0.0836. The van der Waals surface area contributed by atoms with Gasteiger partial charge in [-0.2, -0.15) is 0 Å². The molecule has 0 saturated carbocycles. The molecule has 1 fully saturated rings. The number of rotatable bonds is 2. The topological polar surface area (TPSA) is 65.5 Å². The second kappa shape index (κ2) is 3.90. The highest BCUT2D eigenvalue weighted by molar-refractivity contribution is 6.03. The molecule has 2 aromatic rings. The van der Waals surface area contributed by atoms with Crippen LogP contribution in [0.2, 0.25) is 0 Å². The Labute approximate surface area is 103 Å². The van der Waals surface area contributed by atoms with E-state index in [0.29, 0.717) is 18.4 Å². The Morgan fingerprint density at radius 1 is 1.44 bits per heavy atom. The molecule has 0 radical (unpaired) electrons. The van der Waals surface area contributed by atoms with Crippen molar-refractivity contribution in [3.63, 3.8) is 0 Å². The molecule has 1 atom stereocenters.